The minimum absolute atomic E-state index is 0.0395. The normalized spacial score (nSPS) is 15.2. The van der Waals surface area contributed by atoms with Crippen LogP contribution in [0.4, 0.5) is 0 Å². The number of para-hydroxylation sites is 2. The zero-order chi connectivity index (χ0) is 34.0. The topological polar surface area (TPSA) is 126 Å². The van der Waals surface area contributed by atoms with Gasteiger partial charge in [-0.05, 0) is 85.7 Å². The summed E-state index contributed by atoms with van der Waals surface area (Å²) in [5.74, 6) is 2.23. The lowest BCUT2D eigenvalue weighted by atomic mass is 10.3. The average Bonchev–Trinajstić information content (AvgIpc) is 2.95. The van der Waals surface area contributed by atoms with Gasteiger partial charge in [-0.15, -0.1) is 9.05 Å². The Balaban J connectivity index is 0.000000634. The molecule has 46 heavy (non-hydrogen) atoms. The molecule has 1 aliphatic rings. The second-order valence-electron chi connectivity index (χ2n) is 11.0. The molecule has 0 aliphatic carbocycles. The van der Waals surface area contributed by atoms with E-state index < -0.39 is 15.9 Å². The lowest BCUT2D eigenvalue weighted by molar-refractivity contribution is 0.0640. The summed E-state index contributed by atoms with van der Waals surface area (Å²) in [6, 6.07) is 12.5. The highest BCUT2D eigenvalue weighted by molar-refractivity contribution is 7.62. The molecule has 0 spiro atoms. The van der Waals surface area contributed by atoms with Crippen molar-refractivity contribution < 1.29 is 55.6 Å². The van der Waals surface area contributed by atoms with E-state index in [2.05, 4.69) is 0 Å². The van der Waals surface area contributed by atoms with Crippen molar-refractivity contribution in [2.75, 3.05) is 52.9 Å². The van der Waals surface area contributed by atoms with Crippen molar-refractivity contribution in [2.45, 2.75) is 79.8 Å². The fourth-order valence-corrected chi connectivity index (χ4v) is 6.38. The Hall–Kier alpha value is -2.27. The first-order chi connectivity index (χ1) is 21.9. The standard InChI is InChI=1S/C26H37O9P.C6H14O3P/c1-20(2)34-36(27,35-21(3)4)22-9-10-25-26(19-22)33-18-14-29-12-16-31-24-8-6-5-7-23(24)30-15-11-28-13-17-32-25;1-5(2)8-10(7)9-6(3)4/h5-10,19-21H,11-18H2,1-4H3;5-6H,1-4H3/q;+1. The van der Waals surface area contributed by atoms with E-state index in [1.165, 1.54) is 0 Å². The SMILES string of the molecule is CC(C)OP(=O)(OC(C)C)c1ccc2c(c1)OCCOCCOc1ccccc1OCCOCCO2.CC(C)O[P+](=O)OC(C)C. The van der Waals surface area contributed by atoms with Crippen LogP contribution in [0.15, 0.2) is 42.5 Å². The first-order valence-electron chi connectivity index (χ1n) is 15.6. The van der Waals surface area contributed by atoms with E-state index in [0.29, 0.717) is 74.6 Å². The first kappa shape index (κ1) is 39.9. The van der Waals surface area contributed by atoms with Gasteiger partial charge in [0.25, 0.3) is 0 Å². The van der Waals surface area contributed by atoms with Crippen LogP contribution in [-0.4, -0.2) is 77.3 Å². The Morgan fingerprint density at radius 2 is 0.957 bits per heavy atom. The summed E-state index contributed by atoms with van der Waals surface area (Å²) in [5.41, 5.74) is 0. The Labute approximate surface area is 274 Å². The van der Waals surface area contributed by atoms with Crippen LogP contribution in [0.1, 0.15) is 55.4 Å². The third kappa shape index (κ3) is 16.0. The quantitative estimate of drug-likeness (QED) is 0.249. The van der Waals surface area contributed by atoms with Crippen LogP contribution in [0.3, 0.4) is 0 Å². The lowest BCUT2D eigenvalue weighted by Crippen LogP contribution is -2.18. The second kappa shape index (κ2) is 21.6. The molecule has 0 radical (unpaired) electrons. The molecule has 0 atom stereocenters. The van der Waals surface area contributed by atoms with Gasteiger partial charge in [0, 0.05) is 4.57 Å². The van der Waals surface area contributed by atoms with Crippen molar-refractivity contribution in [2.24, 2.45) is 0 Å². The number of ether oxygens (including phenoxy) is 6. The van der Waals surface area contributed by atoms with Gasteiger partial charge >= 0.3 is 15.9 Å². The Bertz CT molecular complexity index is 1180. The summed E-state index contributed by atoms with van der Waals surface area (Å²) < 4.78 is 80.2. The molecule has 0 N–H and O–H groups in total. The summed E-state index contributed by atoms with van der Waals surface area (Å²) >= 11 is 0. The van der Waals surface area contributed by atoms with Crippen LogP contribution in [0.5, 0.6) is 23.0 Å². The van der Waals surface area contributed by atoms with Crippen molar-refractivity contribution in [3.05, 3.63) is 42.5 Å². The first-order valence-corrected chi connectivity index (χ1v) is 18.2. The van der Waals surface area contributed by atoms with Gasteiger partial charge in [-0.25, -0.2) is 0 Å². The van der Waals surface area contributed by atoms with Gasteiger partial charge < -0.3 is 37.5 Å². The molecule has 260 valence electrons. The summed E-state index contributed by atoms with van der Waals surface area (Å²) in [7, 11) is -5.48. The van der Waals surface area contributed by atoms with E-state index >= 15 is 0 Å². The van der Waals surface area contributed by atoms with Crippen molar-refractivity contribution in [3.63, 3.8) is 0 Å². The monoisotopic (exact) mass is 689 g/mol. The van der Waals surface area contributed by atoms with Crippen LogP contribution >= 0.6 is 15.9 Å². The highest BCUT2D eigenvalue weighted by Crippen LogP contribution is 2.50. The van der Waals surface area contributed by atoms with Crippen molar-refractivity contribution in [3.8, 4) is 23.0 Å². The second-order valence-corrected chi connectivity index (χ2v) is 13.8. The molecule has 0 unspecified atom stereocenters. The van der Waals surface area contributed by atoms with Gasteiger partial charge in [-0.3, -0.25) is 4.57 Å². The van der Waals surface area contributed by atoms with Crippen LogP contribution in [0, 0.1) is 0 Å². The van der Waals surface area contributed by atoms with Gasteiger partial charge in [-0.1, -0.05) is 12.1 Å². The number of hydrogen-bond donors (Lipinski definition) is 0. The molecular weight excluding hydrogens is 638 g/mol. The van der Waals surface area contributed by atoms with Crippen molar-refractivity contribution >= 4 is 21.2 Å². The fraction of sp³-hybridized carbons (Fsp3) is 0.625. The molecule has 2 aromatic carbocycles. The molecular formula is C32H51O12P2+. The van der Waals surface area contributed by atoms with Crippen LogP contribution in [0.2, 0.25) is 0 Å². The molecule has 0 bridgehead atoms. The molecule has 0 saturated carbocycles. The molecule has 0 fully saturated rings. The van der Waals surface area contributed by atoms with Gasteiger partial charge in [0.15, 0.2) is 23.0 Å². The highest BCUT2D eigenvalue weighted by Gasteiger charge is 2.31. The van der Waals surface area contributed by atoms with Gasteiger partial charge in [-0.2, -0.15) is 0 Å². The minimum Gasteiger partial charge on any atom is -0.487 e. The maximum Gasteiger partial charge on any atom is 0.697 e. The van der Waals surface area contributed by atoms with Crippen molar-refractivity contribution in [1.82, 2.24) is 0 Å². The Morgan fingerprint density at radius 3 is 1.35 bits per heavy atom. The molecule has 1 aliphatic heterocycles. The predicted molar refractivity (Wildman–Crippen MR) is 176 cm³/mol. The minimum atomic E-state index is -3.57. The average molecular weight is 690 g/mol. The summed E-state index contributed by atoms with van der Waals surface area (Å²) in [5, 5.41) is 0.399. The van der Waals surface area contributed by atoms with Crippen molar-refractivity contribution in [1.29, 1.82) is 0 Å². The fourth-order valence-electron chi connectivity index (χ4n) is 3.70. The molecule has 2 aromatic rings. The van der Waals surface area contributed by atoms with Crippen LogP contribution in [-0.2, 0) is 36.7 Å². The van der Waals surface area contributed by atoms with E-state index in [1.54, 1.807) is 18.2 Å². The van der Waals surface area contributed by atoms with Crippen LogP contribution in [0.25, 0.3) is 0 Å². The number of fused-ring (bicyclic) bond motifs is 2. The largest absolute Gasteiger partial charge is 0.697 e. The smallest absolute Gasteiger partial charge is 0.487 e. The molecule has 0 aromatic heterocycles. The molecule has 12 nitrogen and oxygen atoms in total. The highest BCUT2D eigenvalue weighted by atomic mass is 31.2. The molecule has 1 heterocycles. The Morgan fingerprint density at radius 1 is 0.565 bits per heavy atom. The number of hydrogen-bond acceptors (Lipinski definition) is 12. The summed E-state index contributed by atoms with van der Waals surface area (Å²) in [6.07, 6.45) is -0.652. The summed E-state index contributed by atoms with van der Waals surface area (Å²) in [4.78, 5) is 0. The van der Waals surface area contributed by atoms with Gasteiger partial charge in [0.2, 0.25) is 0 Å². The molecule has 14 heteroatoms. The van der Waals surface area contributed by atoms with Gasteiger partial charge in [0.05, 0.1) is 43.9 Å². The molecule has 0 saturated heterocycles. The van der Waals surface area contributed by atoms with E-state index in [-0.39, 0.29) is 31.0 Å². The zero-order valence-corrected chi connectivity index (χ0v) is 30.1. The van der Waals surface area contributed by atoms with E-state index in [9.17, 15) is 9.13 Å². The maximum absolute atomic E-state index is 13.6. The maximum atomic E-state index is 13.6. The number of rotatable bonds is 9. The summed E-state index contributed by atoms with van der Waals surface area (Å²) in [6.45, 7) is 17.3. The third-order valence-corrected chi connectivity index (χ3v) is 8.82. The van der Waals surface area contributed by atoms with Crippen LogP contribution < -0.4 is 24.3 Å². The van der Waals surface area contributed by atoms with E-state index in [1.807, 2.05) is 79.7 Å². The van der Waals surface area contributed by atoms with Gasteiger partial charge in [0.1, 0.15) is 38.6 Å². The van der Waals surface area contributed by atoms with E-state index in [4.69, 9.17) is 46.5 Å². The molecule has 0 amide bonds. The predicted octanol–water partition coefficient (Wildman–Crippen LogP) is 7.11. The Kier molecular flexibility index (Phi) is 18.7. The third-order valence-electron chi connectivity index (χ3n) is 5.33. The zero-order valence-electron chi connectivity index (χ0n) is 28.3. The number of benzene rings is 2. The molecule has 3 rings (SSSR count). The van der Waals surface area contributed by atoms with E-state index in [0.717, 1.165) is 0 Å². The lowest BCUT2D eigenvalue weighted by Gasteiger charge is -2.24.